The number of phenols is 4. The Hall–Kier alpha value is -3.47. The summed E-state index contributed by atoms with van der Waals surface area (Å²) in [6.07, 6.45) is 8.92. The van der Waals surface area contributed by atoms with Crippen LogP contribution in [0.15, 0.2) is 68.5 Å². The predicted octanol–water partition coefficient (Wildman–Crippen LogP) is 15.9. The Labute approximate surface area is 485 Å². The van der Waals surface area contributed by atoms with Crippen LogP contribution in [-0.2, 0) is 92.3 Å². The molecule has 0 saturated carbocycles. The summed E-state index contributed by atoms with van der Waals surface area (Å²) in [4.78, 5) is 16.0. The Morgan fingerprint density at radius 2 is 0.699 bits per heavy atom. The molecule has 0 fully saturated rings. The molecule has 0 bridgehead atoms. The van der Waals surface area contributed by atoms with Gasteiger partial charge in [0.15, 0.2) is 0 Å². The molecule has 0 aliphatic carbocycles. The molecule has 0 unspecified atom stereocenters. The van der Waals surface area contributed by atoms with Gasteiger partial charge >= 0.3 is 0 Å². The summed E-state index contributed by atoms with van der Waals surface area (Å²) in [5.41, 5.74) is 12.1. The first-order valence-electron chi connectivity index (χ1n) is 24.6. The van der Waals surface area contributed by atoms with E-state index in [0.29, 0.717) is 34.8 Å². The Kier molecular flexibility index (Phi) is 33.5. The number of rotatable bonds is 8. The van der Waals surface area contributed by atoms with E-state index in [-0.39, 0.29) is 94.3 Å². The van der Waals surface area contributed by atoms with E-state index in [4.69, 9.17) is 0 Å². The molecule has 0 saturated heterocycles. The topological polar surface area (TPSA) is 130 Å². The normalized spacial score (nSPS) is 12.0. The first kappa shape index (κ1) is 76.0. The average Bonchev–Trinajstić information content (AvgIpc) is 3.18. The van der Waals surface area contributed by atoms with Crippen molar-refractivity contribution in [2.45, 2.75) is 178 Å². The molecule has 4 aromatic rings. The van der Waals surface area contributed by atoms with Crippen LogP contribution < -0.4 is 0 Å². The standard InChI is InChI=1S/3C16H25NO.C13H19NO.2CH3.2Zr/c1-15(2,3)12-8-11(10-17-7)14(18)13(9-12)16(4,5)6;2*1-11(2)7-12-8-13(10-17-6)15(18)14(9-12)16(3,4)5;1-9-6-10(13(2,3)4)7-12(15)11(9)8-14-5;;;;/h8-10,18H,1-7H3;2*8-11,18H,7H2,1-6H3;6-8,15H,1-5H3;2*1H3;;/q;;;;2*-1;;. The molecule has 406 valence electrons. The fourth-order valence-electron chi connectivity index (χ4n) is 7.64. The molecule has 0 radical (unpaired) electrons. The fraction of sp³-hybridized carbons (Fsp3) is 0.524. The van der Waals surface area contributed by atoms with Crippen molar-refractivity contribution < 1.29 is 72.8 Å². The van der Waals surface area contributed by atoms with Crippen LogP contribution in [0.2, 0.25) is 0 Å². The van der Waals surface area contributed by atoms with E-state index in [1.807, 2.05) is 31.2 Å². The molecule has 0 amide bonds. The van der Waals surface area contributed by atoms with Gasteiger partial charge in [-0.1, -0.05) is 156 Å². The number of hydrogen-bond donors (Lipinski definition) is 4. The summed E-state index contributed by atoms with van der Waals surface area (Å²) in [6.45, 7) is 42.8. The van der Waals surface area contributed by atoms with Gasteiger partial charge in [-0.25, -0.2) is 0 Å². The van der Waals surface area contributed by atoms with Crippen molar-refractivity contribution in [1.82, 2.24) is 0 Å². The molecule has 4 rings (SSSR count). The second-order valence-electron chi connectivity index (χ2n) is 24.3. The number of aromatic hydroxyl groups is 4. The van der Waals surface area contributed by atoms with Crippen LogP contribution in [0.1, 0.15) is 198 Å². The van der Waals surface area contributed by atoms with Crippen LogP contribution in [-0.4, -0.2) is 73.5 Å². The molecule has 4 aromatic carbocycles. The molecular formula is C63H100N4O4Zr2-2. The third-order valence-corrected chi connectivity index (χ3v) is 11.4. The number of benzene rings is 4. The zero-order chi connectivity index (χ0) is 53.6. The molecule has 0 heterocycles. The number of nitrogens with zero attached hydrogens (tertiary/aromatic N) is 4. The third-order valence-electron chi connectivity index (χ3n) is 11.4. The molecule has 4 N–H and O–H groups in total. The average molecular weight is 1160 g/mol. The van der Waals surface area contributed by atoms with Crippen molar-refractivity contribution in [2.24, 2.45) is 31.8 Å². The summed E-state index contributed by atoms with van der Waals surface area (Å²) < 4.78 is 0. The zero-order valence-corrected chi connectivity index (χ0v) is 55.5. The predicted molar refractivity (Wildman–Crippen MR) is 315 cm³/mol. The molecule has 0 spiro atoms. The minimum atomic E-state index is -0.0817. The quantitative estimate of drug-likeness (QED) is 0.103. The van der Waals surface area contributed by atoms with Crippen molar-refractivity contribution in [3.8, 4) is 23.0 Å². The fourth-order valence-corrected chi connectivity index (χ4v) is 7.64. The number of phenolic OH excluding ortho intramolecular Hbond substituents is 4. The maximum atomic E-state index is 10.4. The van der Waals surface area contributed by atoms with Gasteiger partial charge in [-0.3, -0.25) is 20.0 Å². The molecular weight excluding hydrogens is 1060 g/mol. The van der Waals surface area contributed by atoms with E-state index in [0.717, 1.165) is 62.9 Å². The van der Waals surface area contributed by atoms with E-state index in [1.165, 1.54) is 16.7 Å². The zero-order valence-electron chi connectivity index (χ0n) is 50.6. The van der Waals surface area contributed by atoms with Crippen LogP contribution in [0.5, 0.6) is 23.0 Å². The second-order valence-corrected chi connectivity index (χ2v) is 24.3. The van der Waals surface area contributed by atoms with Crippen LogP contribution >= 0.6 is 0 Å². The molecule has 0 aliphatic rings. The minimum Gasteiger partial charge on any atom is -0.507 e. The van der Waals surface area contributed by atoms with Crippen molar-refractivity contribution in [2.75, 3.05) is 28.2 Å². The van der Waals surface area contributed by atoms with Gasteiger partial charge in [0, 0.05) is 144 Å². The summed E-state index contributed by atoms with van der Waals surface area (Å²) in [6, 6.07) is 16.4. The molecule has 0 aliphatic heterocycles. The van der Waals surface area contributed by atoms with Crippen molar-refractivity contribution >= 4 is 24.9 Å². The van der Waals surface area contributed by atoms with E-state index < -0.39 is 0 Å². The smallest absolute Gasteiger partial charge is 0.128 e. The van der Waals surface area contributed by atoms with Crippen molar-refractivity contribution in [3.05, 3.63) is 130 Å². The minimum absolute atomic E-state index is 0. The van der Waals surface area contributed by atoms with Crippen molar-refractivity contribution in [3.63, 3.8) is 0 Å². The number of aliphatic imine (C=N–C) groups is 4. The summed E-state index contributed by atoms with van der Waals surface area (Å²) in [5.74, 6) is 2.59. The largest absolute Gasteiger partial charge is 0.507 e. The number of hydrogen-bond acceptors (Lipinski definition) is 8. The van der Waals surface area contributed by atoms with Gasteiger partial charge in [0.1, 0.15) is 23.0 Å². The summed E-state index contributed by atoms with van der Waals surface area (Å²) >= 11 is 0. The van der Waals surface area contributed by atoms with E-state index >= 15 is 0 Å². The second kappa shape index (κ2) is 32.2. The van der Waals surface area contributed by atoms with Crippen LogP contribution in [0.25, 0.3) is 0 Å². The maximum absolute atomic E-state index is 10.4. The van der Waals surface area contributed by atoms with E-state index in [9.17, 15) is 20.4 Å². The SMILES string of the molecule is CN=Cc1c(C)cc(C(C)(C)C)cc1O.CN=Cc1cc(C(C)(C)C)cc(C(C)(C)C)c1O.CN=Cc1cc(CC(C)C)cc(C(C)(C)C)c1O.CN=Cc1cc(CC(C)C)cc(C(C)(C)C)c1O.[CH3-].[CH3-].[Zr].[Zr]. The van der Waals surface area contributed by atoms with E-state index in [1.54, 1.807) is 53.0 Å². The first-order valence-corrected chi connectivity index (χ1v) is 24.6. The first-order chi connectivity index (χ1) is 31.4. The summed E-state index contributed by atoms with van der Waals surface area (Å²) in [7, 11) is 6.88. The molecule has 73 heavy (non-hydrogen) atoms. The maximum Gasteiger partial charge on any atom is 0.128 e. The van der Waals surface area contributed by atoms with Gasteiger partial charge in [-0.05, 0) is 111 Å². The van der Waals surface area contributed by atoms with Crippen LogP contribution in [0, 0.1) is 33.6 Å². The van der Waals surface area contributed by atoms with Gasteiger partial charge in [0.2, 0.25) is 0 Å². The van der Waals surface area contributed by atoms with E-state index in [2.05, 4.69) is 176 Å². The Bertz CT molecular complexity index is 2300. The van der Waals surface area contributed by atoms with Gasteiger partial charge in [0.25, 0.3) is 0 Å². The van der Waals surface area contributed by atoms with Crippen LogP contribution in [0.3, 0.4) is 0 Å². The molecule has 8 nitrogen and oxygen atoms in total. The third kappa shape index (κ3) is 24.8. The number of aryl methyl sites for hydroxylation is 1. The molecule has 0 aromatic heterocycles. The Morgan fingerprint density at radius 1 is 0.411 bits per heavy atom. The van der Waals surface area contributed by atoms with Gasteiger partial charge in [-0.2, -0.15) is 0 Å². The van der Waals surface area contributed by atoms with Gasteiger partial charge < -0.3 is 35.3 Å². The molecule has 0 atom stereocenters. The monoisotopic (exact) mass is 1160 g/mol. The molecule has 10 heteroatoms. The van der Waals surface area contributed by atoms with Gasteiger partial charge in [-0.15, -0.1) is 0 Å². The Morgan fingerprint density at radius 3 is 0.959 bits per heavy atom. The summed E-state index contributed by atoms with van der Waals surface area (Å²) in [5, 5.41) is 40.9. The van der Waals surface area contributed by atoms with Crippen LogP contribution in [0.4, 0.5) is 0 Å². The van der Waals surface area contributed by atoms with Gasteiger partial charge in [0.05, 0.1) is 0 Å². The Balaban J connectivity index is -0.000000428. The van der Waals surface area contributed by atoms with Crippen molar-refractivity contribution in [1.29, 1.82) is 0 Å².